The zero-order valence-corrected chi connectivity index (χ0v) is 26.6. The number of hydrogen-bond acceptors (Lipinski definition) is 4. The molecule has 1 aliphatic heterocycles. The summed E-state index contributed by atoms with van der Waals surface area (Å²) in [5.41, 5.74) is 11.6. The zero-order valence-electron chi connectivity index (χ0n) is 26.6. The van der Waals surface area contributed by atoms with E-state index in [4.69, 9.17) is 14.4 Å². The molecule has 0 fully saturated rings. The summed E-state index contributed by atoms with van der Waals surface area (Å²) in [7, 11) is 0. The molecule has 0 aliphatic carbocycles. The minimum absolute atomic E-state index is 0.517. The molecule has 1 aromatic heterocycles. The Hall–Kier alpha value is -6.52. The molecule has 4 heteroatoms. The summed E-state index contributed by atoms with van der Waals surface area (Å²) in [5, 5.41) is 5.68. The summed E-state index contributed by atoms with van der Waals surface area (Å²) in [5.74, 6) is 1.55. The normalized spacial score (nSPS) is 14.3. The van der Waals surface area contributed by atoms with E-state index in [0.29, 0.717) is 0 Å². The fourth-order valence-electron chi connectivity index (χ4n) is 6.76. The van der Waals surface area contributed by atoms with Gasteiger partial charge < -0.3 is 9.73 Å². The Morgan fingerprint density at radius 2 is 0.837 bits per heavy atom. The lowest BCUT2D eigenvalue weighted by Crippen LogP contribution is -2.36. The molecular weight excluding hydrogens is 599 g/mol. The Labute approximate surface area is 284 Å². The fraction of sp³-hybridized carbons (Fsp3) is 0.0222. The van der Waals surface area contributed by atoms with Crippen LogP contribution < -0.4 is 5.32 Å². The minimum atomic E-state index is -0.517. The van der Waals surface area contributed by atoms with E-state index in [1.807, 2.05) is 42.5 Å². The number of benzene rings is 7. The molecule has 49 heavy (non-hydrogen) atoms. The lowest BCUT2D eigenvalue weighted by molar-refractivity contribution is 0.667. The largest absolute Gasteiger partial charge is 0.456 e. The molecule has 1 N–H and O–H groups in total. The first-order chi connectivity index (χ1) is 24.3. The van der Waals surface area contributed by atoms with Gasteiger partial charge in [0, 0.05) is 27.5 Å². The number of amidine groups is 2. The molecule has 9 rings (SSSR count). The van der Waals surface area contributed by atoms with E-state index in [1.54, 1.807) is 0 Å². The van der Waals surface area contributed by atoms with Crippen LogP contribution in [0.5, 0.6) is 0 Å². The Kier molecular flexibility index (Phi) is 7.17. The van der Waals surface area contributed by atoms with Crippen molar-refractivity contribution >= 4 is 33.6 Å². The van der Waals surface area contributed by atoms with Crippen molar-refractivity contribution in [3.05, 3.63) is 193 Å². The van der Waals surface area contributed by atoms with Crippen LogP contribution in [0, 0.1) is 0 Å². The van der Waals surface area contributed by atoms with E-state index in [-0.39, 0.29) is 0 Å². The van der Waals surface area contributed by atoms with Gasteiger partial charge in [0.25, 0.3) is 0 Å². The lowest BCUT2D eigenvalue weighted by Gasteiger charge is -2.24. The Morgan fingerprint density at radius 1 is 0.388 bits per heavy atom. The van der Waals surface area contributed by atoms with Crippen molar-refractivity contribution in [1.82, 2.24) is 5.32 Å². The topological polar surface area (TPSA) is 49.9 Å². The van der Waals surface area contributed by atoms with Crippen LogP contribution in [0.3, 0.4) is 0 Å². The third kappa shape index (κ3) is 5.39. The molecule has 0 amide bonds. The van der Waals surface area contributed by atoms with Gasteiger partial charge in [0.1, 0.15) is 22.8 Å². The van der Waals surface area contributed by atoms with Crippen LogP contribution >= 0.6 is 0 Å². The van der Waals surface area contributed by atoms with Gasteiger partial charge in [-0.1, -0.05) is 164 Å². The van der Waals surface area contributed by atoms with Crippen LogP contribution in [0.4, 0.5) is 0 Å². The molecule has 2 heterocycles. The third-order valence-corrected chi connectivity index (χ3v) is 9.20. The monoisotopic (exact) mass is 629 g/mol. The number of rotatable bonds is 6. The smallest absolute Gasteiger partial charge is 0.171 e. The summed E-state index contributed by atoms with van der Waals surface area (Å²) in [6.45, 7) is 0. The maximum Gasteiger partial charge on any atom is 0.171 e. The molecule has 232 valence electrons. The van der Waals surface area contributed by atoms with Crippen LogP contribution in [0.1, 0.15) is 22.9 Å². The van der Waals surface area contributed by atoms with Gasteiger partial charge in [0.05, 0.1) is 0 Å². The van der Waals surface area contributed by atoms with Gasteiger partial charge in [-0.15, -0.1) is 0 Å². The highest BCUT2D eigenvalue weighted by atomic mass is 16.3. The number of furan rings is 1. The number of fused-ring (bicyclic) bond motifs is 3. The van der Waals surface area contributed by atoms with Gasteiger partial charge in [-0.3, -0.25) is 0 Å². The Bertz CT molecular complexity index is 2480. The molecule has 7 aromatic carbocycles. The summed E-state index contributed by atoms with van der Waals surface area (Å²) in [6, 6.07) is 61.0. The minimum Gasteiger partial charge on any atom is -0.456 e. The van der Waals surface area contributed by atoms with Gasteiger partial charge in [-0.25, -0.2) is 9.98 Å². The maximum atomic E-state index is 6.37. The van der Waals surface area contributed by atoms with Gasteiger partial charge in [0.2, 0.25) is 0 Å². The van der Waals surface area contributed by atoms with Crippen LogP contribution in [0.25, 0.3) is 55.3 Å². The second kappa shape index (κ2) is 12.3. The van der Waals surface area contributed by atoms with Crippen molar-refractivity contribution < 1.29 is 4.42 Å². The summed E-state index contributed by atoms with van der Waals surface area (Å²) in [4.78, 5) is 10.6. The number of hydrogen-bond donors (Lipinski definition) is 1. The second-order valence-electron chi connectivity index (χ2n) is 12.2. The van der Waals surface area contributed by atoms with Crippen LogP contribution in [-0.4, -0.2) is 11.7 Å². The van der Waals surface area contributed by atoms with Gasteiger partial charge in [0.15, 0.2) is 6.17 Å². The van der Waals surface area contributed by atoms with Crippen molar-refractivity contribution in [2.75, 3.05) is 0 Å². The van der Waals surface area contributed by atoms with Crippen molar-refractivity contribution in [3.8, 4) is 33.4 Å². The Morgan fingerprint density at radius 3 is 1.43 bits per heavy atom. The quantitative estimate of drug-likeness (QED) is 0.199. The third-order valence-electron chi connectivity index (χ3n) is 9.20. The number of nitrogens with one attached hydrogen (secondary N) is 1. The lowest BCUT2D eigenvalue weighted by atomic mass is 9.93. The average Bonchev–Trinajstić information content (AvgIpc) is 3.57. The summed E-state index contributed by atoms with van der Waals surface area (Å²) >= 11 is 0. The SMILES string of the molecule is c1ccc(C2=NC(c3c(-c4ccccc4)ccc4oc5ccccc5c34)N=C(c3ccc(-c4ccc(-c5ccccc5)cc4)cc3)N2)cc1. The molecule has 0 saturated carbocycles. The molecule has 0 saturated heterocycles. The van der Waals surface area contributed by atoms with Gasteiger partial charge in [-0.2, -0.15) is 0 Å². The molecule has 0 spiro atoms. The highest BCUT2D eigenvalue weighted by molar-refractivity contribution is 6.16. The first kappa shape index (κ1) is 28.7. The number of nitrogens with zero attached hydrogens (tertiary/aromatic N) is 2. The Balaban J connectivity index is 1.17. The molecule has 0 radical (unpaired) electrons. The average molecular weight is 630 g/mol. The molecule has 1 unspecified atom stereocenters. The first-order valence-corrected chi connectivity index (χ1v) is 16.5. The van der Waals surface area contributed by atoms with Crippen molar-refractivity contribution in [2.24, 2.45) is 9.98 Å². The molecule has 1 aliphatic rings. The highest BCUT2D eigenvalue weighted by Gasteiger charge is 2.27. The molecule has 8 aromatic rings. The van der Waals surface area contributed by atoms with Crippen molar-refractivity contribution in [1.29, 1.82) is 0 Å². The van der Waals surface area contributed by atoms with Crippen molar-refractivity contribution in [3.63, 3.8) is 0 Å². The number of para-hydroxylation sites is 1. The fourth-order valence-corrected chi connectivity index (χ4v) is 6.76. The first-order valence-electron chi connectivity index (χ1n) is 16.5. The van der Waals surface area contributed by atoms with Crippen molar-refractivity contribution in [2.45, 2.75) is 6.17 Å². The molecule has 1 atom stereocenters. The van der Waals surface area contributed by atoms with E-state index in [2.05, 4.69) is 139 Å². The van der Waals surface area contributed by atoms with E-state index in [1.165, 1.54) is 16.7 Å². The van der Waals surface area contributed by atoms with E-state index in [9.17, 15) is 0 Å². The van der Waals surface area contributed by atoms with E-state index < -0.39 is 6.17 Å². The van der Waals surface area contributed by atoms with Crippen LogP contribution in [0.15, 0.2) is 190 Å². The standard InChI is InChI=1S/C45H31N3O/c1-4-12-30(13-5-1)31-20-22-32(23-21-31)33-24-26-36(27-25-33)44-46-43(35-16-8-3-9-17-35)47-45(48-44)42-37(34-14-6-2-7-15-34)28-29-40-41(42)38-18-10-11-19-39(38)49-40/h1-29,45H,(H,46,47,48). The van der Waals surface area contributed by atoms with Crippen LogP contribution in [-0.2, 0) is 0 Å². The van der Waals surface area contributed by atoms with E-state index in [0.717, 1.165) is 67.0 Å². The molecule has 0 bridgehead atoms. The van der Waals surface area contributed by atoms with Crippen LogP contribution in [0.2, 0.25) is 0 Å². The maximum absolute atomic E-state index is 6.37. The highest BCUT2D eigenvalue weighted by Crippen LogP contribution is 2.42. The van der Waals surface area contributed by atoms with Gasteiger partial charge >= 0.3 is 0 Å². The summed E-state index contributed by atoms with van der Waals surface area (Å²) in [6.07, 6.45) is -0.517. The molecular formula is C45H31N3O. The predicted molar refractivity (Wildman–Crippen MR) is 202 cm³/mol. The predicted octanol–water partition coefficient (Wildman–Crippen LogP) is 11.1. The second-order valence-corrected chi connectivity index (χ2v) is 12.2. The summed E-state index contributed by atoms with van der Waals surface area (Å²) < 4.78 is 6.37. The van der Waals surface area contributed by atoms with E-state index >= 15 is 0 Å². The number of aliphatic imine (C=N–C) groups is 2. The molecule has 4 nitrogen and oxygen atoms in total. The zero-order chi connectivity index (χ0) is 32.6. The van der Waals surface area contributed by atoms with Gasteiger partial charge in [-0.05, 0) is 45.5 Å².